The van der Waals surface area contributed by atoms with Gasteiger partial charge in [-0.05, 0) is 42.2 Å². The zero-order chi connectivity index (χ0) is 20.7. The number of nitro benzene ring substituents is 1. The van der Waals surface area contributed by atoms with Crippen LogP contribution >= 0.6 is 11.6 Å². The third-order valence-electron chi connectivity index (χ3n) is 4.32. The molecule has 0 saturated carbocycles. The van der Waals surface area contributed by atoms with Crippen molar-refractivity contribution in [3.8, 4) is 0 Å². The zero-order valence-electron chi connectivity index (χ0n) is 15.8. The number of halogens is 1. The number of rotatable bonds is 8. The number of amides is 2. The first-order chi connectivity index (χ1) is 13.4. The van der Waals surface area contributed by atoms with Gasteiger partial charge >= 0.3 is 0 Å². The van der Waals surface area contributed by atoms with E-state index in [1.807, 2.05) is 26.0 Å². The van der Waals surface area contributed by atoms with Gasteiger partial charge in [0, 0.05) is 41.4 Å². The number of benzene rings is 2. The average Bonchev–Trinajstić information content (AvgIpc) is 2.68. The highest BCUT2D eigenvalue weighted by Crippen LogP contribution is 2.29. The molecule has 0 saturated heterocycles. The molecular weight excluding hydrogens is 382 g/mol. The number of nitrogens with one attached hydrogen (secondary N) is 2. The van der Waals surface area contributed by atoms with Crippen LogP contribution in [0.5, 0.6) is 0 Å². The Morgan fingerprint density at radius 2 is 1.75 bits per heavy atom. The van der Waals surface area contributed by atoms with Crippen molar-refractivity contribution in [2.45, 2.75) is 33.1 Å². The van der Waals surface area contributed by atoms with E-state index in [4.69, 9.17) is 11.6 Å². The summed E-state index contributed by atoms with van der Waals surface area (Å²) in [6.45, 7) is 4.12. The molecule has 0 aromatic heterocycles. The van der Waals surface area contributed by atoms with Gasteiger partial charge in [0.1, 0.15) is 0 Å². The topological polar surface area (TPSA) is 101 Å². The highest BCUT2D eigenvalue weighted by Gasteiger charge is 2.14. The lowest BCUT2D eigenvalue weighted by Crippen LogP contribution is -2.28. The molecule has 8 heteroatoms. The molecule has 0 heterocycles. The van der Waals surface area contributed by atoms with E-state index < -0.39 is 10.8 Å². The third kappa shape index (κ3) is 5.29. The third-order valence-corrected chi connectivity index (χ3v) is 4.67. The Bertz CT molecular complexity index is 882. The van der Waals surface area contributed by atoms with Gasteiger partial charge in [-0.1, -0.05) is 31.5 Å². The van der Waals surface area contributed by atoms with Gasteiger partial charge in [-0.3, -0.25) is 19.7 Å². The Morgan fingerprint density at radius 1 is 1.07 bits per heavy atom. The zero-order valence-corrected chi connectivity index (χ0v) is 16.5. The normalized spacial score (nSPS) is 10.4. The summed E-state index contributed by atoms with van der Waals surface area (Å²) < 4.78 is 0. The summed E-state index contributed by atoms with van der Waals surface area (Å²) in [4.78, 5) is 34.5. The van der Waals surface area contributed by atoms with E-state index in [0.29, 0.717) is 17.0 Å². The predicted octanol–water partition coefficient (Wildman–Crippen LogP) is 4.13. The standard InChI is InChI=1S/C20H22ClN3O4/c1-3-13-7-10-17(21)16(4-2)19(13)23-18(25)11-12-22-20(26)14-5-8-15(9-6-14)24(27)28/h5-10H,3-4,11-12H2,1-2H3,(H,22,26)(H,23,25). The first-order valence-electron chi connectivity index (χ1n) is 9.00. The molecule has 28 heavy (non-hydrogen) atoms. The molecular formula is C20H22ClN3O4. The minimum absolute atomic E-state index is 0.0871. The lowest BCUT2D eigenvalue weighted by atomic mass is 10.0. The SMILES string of the molecule is CCc1ccc(Cl)c(CC)c1NC(=O)CCNC(=O)c1ccc([N+](=O)[O-])cc1. The van der Waals surface area contributed by atoms with Crippen molar-refractivity contribution < 1.29 is 14.5 Å². The number of hydrogen-bond acceptors (Lipinski definition) is 4. The van der Waals surface area contributed by atoms with E-state index >= 15 is 0 Å². The molecule has 0 fully saturated rings. The van der Waals surface area contributed by atoms with Crippen LogP contribution in [0.1, 0.15) is 41.8 Å². The Hall–Kier alpha value is -2.93. The molecule has 0 atom stereocenters. The number of non-ortho nitro benzene ring substituents is 1. The summed E-state index contributed by atoms with van der Waals surface area (Å²) >= 11 is 6.24. The molecule has 2 rings (SSSR count). The van der Waals surface area contributed by atoms with E-state index in [1.54, 1.807) is 0 Å². The second kappa shape index (κ2) is 9.85. The minimum atomic E-state index is -0.531. The van der Waals surface area contributed by atoms with E-state index in [2.05, 4.69) is 10.6 Å². The quantitative estimate of drug-likeness (QED) is 0.511. The van der Waals surface area contributed by atoms with Gasteiger partial charge < -0.3 is 10.6 Å². The Kier molecular flexibility index (Phi) is 7.52. The van der Waals surface area contributed by atoms with Crippen molar-refractivity contribution in [1.82, 2.24) is 5.32 Å². The summed E-state index contributed by atoms with van der Waals surface area (Å²) in [6, 6.07) is 9.01. The fourth-order valence-corrected chi connectivity index (χ4v) is 3.09. The molecule has 0 unspecified atom stereocenters. The van der Waals surface area contributed by atoms with Crippen molar-refractivity contribution in [2.24, 2.45) is 0 Å². The number of nitrogens with zero attached hydrogens (tertiary/aromatic N) is 1. The lowest BCUT2D eigenvalue weighted by molar-refractivity contribution is -0.384. The highest BCUT2D eigenvalue weighted by atomic mass is 35.5. The van der Waals surface area contributed by atoms with Crippen LogP contribution in [0.25, 0.3) is 0 Å². The summed E-state index contributed by atoms with van der Waals surface area (Å²) in [6.07, 6.45) is 1.55. The fraction of sp³-hybridized carbons (Fsp3) is 0.300. The first kappa shape index (κ1) is 21.4. The Balaban J connectivity index is 1.93. The highest BCUT2D eigenvalue weighted by molar-refractivity contribution is 6.32. The van der Waals surface area contributed by atoms with Crippen LogP contribution in [0.3, 0.4) is 0 Å². The number of carbonyl (C=O) groups is 2. The monoisotopic (exact) mass is 403 g/mol. The predicted molar refractivity (Wildman–Crippen MR) is 109 cm³/mol. The molecule has 0 aliphatic carbocycles. The number of aryl methyl sites for hydroxylation is 1. The minimum Gasteiger partial charge on any atom is -0.352 e. The van der Waals surface area contributed by atoms with Crippen molar-refractivity contribution in [2.75, 3.05) is 11.9 Å². The van der Waals surface area contributed by atoms with Gasteiger partial charge in [0.25, 0.3) is 11.6 Å². The second-order valence-electron chi connectivity index (χ2n) is 6.13. The molecule has 0 bridgehead atoms. The molecule has 2 amide bonds. The Labute approximate surface area is 168 Å². The smallest absolute Gasteiger partial charge is 0.269 e. The molecule has 7 nitrogen and oxygen atoms in total. The van der Waals surface area contributed by atoms with E-state index in [0.717, 1.165) is 23.2 Å². The molecule has 0 radical (unpaired) electrons. The summed E-state index contributed by atoms with van der Waals surface area (Å²) in [7, 11) is 0. The number of hydrogen-bond donors (Lipinski definition) is 2. The molecule has 2 N–H and O–H groups in total. The maximum atomic E-state index is 12.3. The number of nitro groups is 1. The lowest BCUT2D eigenvalue weighted by Gasteiger charge is -2.16. The van der Waals surface area contributed by atoms with Crippen LogP contribution in [-0.4, -0.2) is 23.3 Å². The van der Waals surface area contributed by atoms with Gasteiger partial charge in [-0.2, -0.15) is 0 Å². The molecule has 148 valence electrons. The van der Waals surface area contributed by atoms with Crippen LogP contribution in [0.15, 0.2) is 36.4 Å². The van der Waals surface area contributed by atoms with Crippen molar-refractivity contribution >= 4 is 34.8 Å². The maximum absolute atomic E-state index is 12.3. The molecule has 2 aromatic carbocycles. The van der Waals surface area contributed by atoms with Crippen LogP contribution in [0.2, 0.25) is 5.02 Å². The number of carbonyl (C=O) groups excluding carboxylic acids is 2. The van der Waals surface area contributed by atoms with E-state index in [9.17, 15) is 19.7 Å². The first-order valence-corrected chi connectivity index (χ1v) is 9.37. The van der Waals surface area contributed by atoms with Crippen molar-refractivity contribution in [1.29, 1.82) is 0 Å². The van der Waals surface area contributed by atoms with Gasteiger partial charge in [-0.25, -0.2) is 0 Å². The van der Waals surface area contributed by atoms with Gasteiger partial charge in [0.05, 0.1) is 4.92 Å². The van der Waals surface area contributed by atoms with Crippen LogP contribution < -0.4 is 10.6 Å². The summed E-state index contributed by atoms with van der Waals surface area (Å²) in [5, 5.41) is 16.8. The van der Waals surface area contributed by atoms with Crippen LogP contribution in [0, 0.1) is 10.1 Å². The number of anilines is 1. The van der Waals surface area contributed by atoms with Gasteiger partial charge in [0.2, 0.25) is 5.91 Å². The summed E-state index contributed by atoms with van der Waals surface area (Å²) in [5.74, 6) is -0.621. The molecule has 0 aliphatic heterocycles. The molecule has 0 aliphatic rings. The Morgan fingerprint density at radius 3 is 2.32 bits per heavy atom. The van der Waals surface area contributed by atoms with Gasteiger partial charge in [-0.15, -0.1) is 0 Å². The maximum Gasteiger partial charge on any atom is 0.269 e. The van der Waals surface area contributed by atoms with Crippen molar-refractivity contribution in [3.63, 3.8) is 0 Å². The largest absolute Gasteiger partial charge is 0.352 e. The average molecular weight is 404 g/mol. The van der Waals surface area contributed by atoms with Crippen LogP contribution in [-0.2, 0) is 17.6 Å². The molecule has 2 aromatic rings. The fourth-order valence-electron chi connectivity index (χ4n) is 2.79. The summed E-state index contributed by atoms with van der Waals surface area (Å²) in [5.41, 5.74) is 2.84. The van der Waals surface area contributed by atoms with E-state index in [-0.39, 0.29) is 24.6 Å². The molecule has 0 spiro atoms. The van der Waals surface area contributed by atoms with Crippen LogP contribution in [0.4, 0.5) is 11.4 Å². The van der Waals surface area contributed by atoms with Crippen molar-refractivity contribution in [3.05, 3.63) is 68.2 Å². The van der Waals surface area contributed by atoms with E-state index in [1.165, 1.54) is 24.3 Å². The van der Waals surface area contributed by atoms with Gasteiger partial charge in [0.15, 0.2) is 0 Å². The second-order valence-corrected chi connectivity index (χ2v) is 6.53.